The van der Waals surface area contributed by atoms with E-state index in [1.807, 2.05) is 17.7 Å². The van der Waals surface area contributed by atoms with Crippen molar-refractivity contribution in [2.45, 2.75) is 12.6 Å². The molecule has 0 bridgehead atoms. The van der Waals surface area contributed by atoms with Crippen LogP contribution < -0.4 is 0 Å². The van der Waals surface area contributed by atoms with Gasteiger partial charge in [-0.15, -0.1) is 0 Å². The van der Waals surface area contributed by atoms with Gasteiger partial charge in [-0.2, -0.15) is 13.2 Å². The monoisotopic (exact) mass is 326 g/mol. The third kappa shape index (κ3) is 2.39. The Morgan fingerprint density at radius 2 is 2.09 bits per heavy atom. The van der Waals surface area contributed by atoms with Crippen molar-refractivity contribution in [1.29, 1.82) is 0 Å². The number of likely N-dealkylation sites (tertiary alicyclic amines) is 1. The minimum absolute atomic E-state index is 0.0118. The third-order valence-corrected chi connectivity index (χ3v) is 4.70. The molecular formula is C16H17F3N2O2. The minimum Gasteiger partial charge on any atom is -0.395 e. The average molecular weight is 326 g/mol. The van der Waals surface area contributed by atoms with E-state index in [4.69, 9.17) is 0 Å². The summed E-state index contributed by atoms with van der Waals surface area (Å²) in [5.41, 5.74) is -0.980. The molecule has 1 N–H and O–H groups in total. The third-order valence-electron chi connectivity index (χ3n) is 4.70. The van der Waals surface area contributed by atoms with Crippen LogP contribution in [0.15, 0.2) is 30.5 Å². The molecule has 1 aromatic carbocycles. The summed E-state index contributed by atoms with van der Waals surface area (Å²) in [6.07, 6.45) is -3.00. The lowest BCUT2D eigenvalue weighted by Crippen LogP contribution is -2.44. The van der Waals surface area contributed by atoms with Crippen LogP contribution in [0.1, 0.15) is 16.8 Å². The van der Waals surface area contributed by atoms with Gasteiger partial charge in [-0.25, -0.2) is 0 Å². The van der Waals surface area contributed by atoms with Gasteiger partial charge in [-0.3, -0.25) is 4.79 Å². The number of nitrogens with zero attached hydrogens (tertiary/aromatic N) is 2. The van der Waals surface area contributed by atoms with Crippen molar-refractivity contribution in [3.05, 3.63) is 36.0 Å². The molecule has 3 rings (SSSR count). The van der Waals surface area contributed by atoms with Crippen molar-refractivity contribution in [1.82, 2.24) is 9.47 Å². The summed E-state index contributed by atoms with van der Waals surface area (Å²) in [6, 6.07) is 6.97. The van der Waals surface area contributed by atoms with E-state index >= 15 is 0 Å². The number of aryl methyl sites for hydroxylation is 1. The van der Waals surface area contributed by atoms with Crippen LogP contribution in [0, 0.1) is 5.41 Å². The zero-order chi connectivity index (χ0) is 16.8. The number of alkyl halides is 3. The van der Waals surface area contributed by atoms with Crippen molar-refractivity contribution >= 4 is 16.8 Å². The maximum Gasteiger partial charge on any atom is 0.398 e. The summed E-state index contributed by atoms with van der Waals surface area (Å²) in [5, 5.41) is 9.95. The fourth-order valence-electron chi connectivity index (χ4n) is 3.16. The lowest BCUT2D eigenvalue weighted by molar-refractivity contribution is -0.229. The van der Waals surface area contributed by atoms with Gasteiger partial charge in [-0.1, -0.05) is 6.07 Å². The van der Waals surface area contributed by atoms with E-state index in [2.05, 4.69) is 0 Å². The predicted octanol–water partition coefficient (Wildman–Crippen LogP) is 2.57. The number of halogens is 3. The molecule has 0 radical (unpaired) electrons. The Hall–Kier alpha value is -2.02. The molecule has 1 unspecified atom stereocenters. The summed E-state index contributed by atoms with van der Waals surface area (Å²) in [5.74, 6) is -0.429. The normalized spacial score (nSPS) is 22.0. The predicted molar refractivity (Wildman–Crippen MR) is 79.0 cm³/mol. The summed E-state index contributed by atoms with van der Waals surface area (Å²) in [6.45, 7) is -1.52. The quantitative estimate of drug-likeness (QED) is 0.922. The number of carbonyl (C=O) groups is 1. The molecule has 2 heterocycles. The molecule has 1 atom stereocenters. The zero-order valence-corrected chi connectivity index (χ0v) is 12.6. The molecule has 0 spiro atoms. The summed E-state index contributed by atoms with van der Waals surface area (Å²) < 4.78 is 41.5. The number of fused-ring (bicyclic) bond motifs is 1. The van der Waals surface area contributed by atoms with Crippen LogP contribution in [0.5, 0.6) is 0 Å². The topological polar surface area (TPSA) is 45.5 Å². The first kappa shape index (κ1) is 15.9. The molecule has 23 heavy (non-hydrogen) atoms. The molecule has 1 amide bonds. The van der Waals surface area contributed by atoms with Gasteiger partial charge in [0.25, 0.3) is 5.91 Å². The molecule has 7 heteroatoms. The Bertz CT molecular complexity index is 753. The number of amides is 1. The first-order valence-electron chi connectivity index (χ1n) is 7.30. The van der Waals surface area contributed by atoms with Gasteiger partial charge in [0.1, 0.15) is 5.41 Å². The van der Waals surface area contributed by atoms with Crippen molar-refractivity contribution in [3.8, 4) is 0 Å². The second kappa shape index (κ2) is 5.26. The first-order valence-corrected chi connectivity index (χ1v) is 7.30. The van der Waals surface area contributed by atoms with Crippen LogP contribution in [0.25, 0.3) is 10.9 Å². The molecule has 1 saturated heterocycles. The fourth-order valence-corrected chi connectivity index (χ4v) is 3.16. The Balaban J connectivity index is 1.92. The first-order chi connectivity index (χ1) is 10.8. The maximum atomic E-state index is 13.2. The Morgan fingerprint density at radius 1 is 1.35 bits per heavy atom. The second-order valence-corrected chi connectivity index (χ2v) is 6.08. The van der Waals surface area contributed by atoms with Crippen LogP contribution >= 0.6 is 0 Å². The number of aromatic nitrogens is 1. The summed E-state index contributed by atoms with van der Waals surface area (Å²) >= 11 is 0. The van der Waals surface area contributed by atoms with Crippen molar-refractivity contribution in [3.63, 3.8) is 0 Å². The molecule has 2 aromatic rings. The van der Waals surface area contributed by atoms with E-state index in [-0.39, 0.29) is 13.0 Å². The molecule has 1 aliphatic heterocycles. The SMILES string of the molecule is Cn1ccc2c(C(=O)N3CCC(CO)(C(F)(F)F)C3)cccc21. The number of aliphatic hydroxyl groups is 1. The molecule has 124 valence electrons. The van der Waals surface area contributed by atoms with Crippen LogP contribution in [0.4, 0.5) is 13.2 Å². The van der Waals surface area contributed by atoms with Gasteiger partial charge in [0.15, 0.2) is 0 Å². The zero-order valence-electron chi connectivity index (χ0n) is 12.6. The molecular weight excluding hydrogens is 309 g/mol. The van der Waals surface area contributed by atoms with Crippen molar-refractivity contribution < 1.29 is 23.1 Å². The molecule has 1 fully saturated rings. The minimum atomic E-state index is -4.53. The standard InChI is InChI=1S/C16H17F3N2O2/c1-20-7-5-11-12(3-2-4-13(11)20)14(23)21-8-6-15(9-21,10-22)16(17,18)19/h2-5,7,22H,6,8-10H2,1H3. The lowest BCUT2D eigenvalue weighted by Gasteiger charge is -2.29. The smallest absolute Gasteiger partial charge is 0.395 e. The number of benzene rings is 1. The highest BCUT2D eigenvalue weighted by atomic mass is 19.4. The maximum absolute atomic E-state index is 13.2. The number of rotatable bonds is 2. The van der Waals surface area contributed by atoms with E-state index < -0.39 is 30.7 Å². The van der Waals surface area contributed by atoms with Gasteiger partial charge in [0.05, 0.1) is 6.61 Å². The highest BCUT2D eigenvalue weighted by Gasteiger charge is 2.58. The molecule has 1 aliphatic rings. The van der Waals surface area contributed by atoms with E-state index in [9.17, 15) is 23.1 Å². The van der Waals surface area contributed by atoms with Gasteiger partial charge < -0.3 is 14.6 Å². The Kier molecular flexibility index (Phi) is 3.63. The molecule has 0 saturated carbocycles. The Morgan fingerprint density at radius 3 is 2.70 bits per heavy atom. The number of aliphatic hydroxyl groups excluding tert-OH is 1. The summed E-state index contributed by atoms with van der Waals surface area (Å²) in [4.78, 5) is 13.9. The van der Waals surface area contributed by atoms with Crippen molar-refractivity contribution in [2.75, 3.05) is 19.7 Å². The fraction of sp³-hybridized carbons (Fsp3) is 0.438. The summed E-state index contributed by atoms with van der Waals surface area (Å²) in [7, 11) is 1.84. The largest absolute Gasteiger partial charge is 0.398 e. The van der Waals surface area contributed by atoms with Crippen LogP contribution in [-0.4, -0.2) is 46.4 Å². The number of hydrogen-bond donors (Lipinski definition) is 1. The van der Waals surface area contributed by atoms with E-state index in [1.165, 1.54) is 4.90 Å². The van der Waals surface area contributed by atoms with Crippen LogP contribution in [-0.2, 0) is 7.05 Å². The van der Waals surface area contributed by atoms with Crippen LogP contribution in [0.3, 0.4) is 0 Å². The van der Waals surface area contributed by atoms with Crippen LogP contribution in [0.2, 0.25) is 0 Å². The van der Waals surface area contributed by atoms with Gasteiger partial charge in [0, 0.05) is 42.8 Å². The number of carbonyl (C=O) groups excluding carboxylic acids is 1. The molecule has 0 aliphatic carbocycles. The van der Waals surface area contributed by atoms with E-state index in [0.717, 1.165) is 5.52 Å². The number of hydrogen-bond acceptors (Lipinski definition) is 2. The molecule has 4 nitrogen and oxygen atoms in total. The van der Waals surface area contributed by atoms with E-state index in [0.29, 0.717) is 10.9 Å². The Labute approximate surface area is 131 Å². The van der Waals surface area contributed by atoms with Gasteiger partial charge in [-0.05, 0) is 24.6 Å². The van der Waals surface area contributed by atoms with Gasteiger partial charge in [0.2, 0.25) is 0 Å². The second-order valence-electron chi connectivity index (χ2n) is 6.08. The molecule has 1 aromatic heterocycles. The lowest BCUT2D eigenvalue weighted by atomic mass is 9.87. The highest BCUT2D eigenvalue weighted by Crippen LogP contribution is 2.45. The average Bonchev–Trinajstić information content (AvgIpc) is 3.11. The van der Waals surface area contributed by atoms with Gasteiger partial charge >= 0.3 is 6.18 Å². The van der Waals surface area contributed by atoms with E-state index in [1.54, 1.807) is 24.4 Å². The highest BCUT2D eigenvalue weighted by molar-refractivity contribution is 6.06. The van der Waals surface area contributed by atoms with Crippen molar-refractivity contribution in [2.24, 2.45) is 12.5 Å².